The molecule has 0 aliphatic rings. The van der Waals surface area contributed by atoms with Gasteiger partial charge in [0.2, 0.25) is 0 Å². The van der Waals surface area contributed by atoms with Gasteiger partial charge >= 0.3 is 0 Å². The van der Waals surface area contributed by atoms with Gasteiger partial charge in [-0.1, -0.05) is 26.2 Å². The topological polar surface area (TPSA) is 43.1 Å². The van der Waals surface area contributed by atoms with E-state index in [1.165, 1.54) is 6.08 Å². The Balaban J connectivity index is 4.61. The van der Waals surface area contributed by atoms with Crippen LogP contribution in [0.25, 0.3) is 0 Å². The number of ketones is 1. The van der Waals surface area contributed by atoms with Crippen molar-refractivity contribution in [3.8, 4) is 0 Å². The van der Waals surface area contributed by atoms with Gasteiger partial charge in [-0.25, -0.2) is 0 Å². The maximum atomic E-state index is 11.1. The lowest BCUT2D eigenvalue weighted by atomic mass is 10.1. The molecule has 0 heterocycles. The molecule has 0 aliphatic heterocycles. The van der Waals surface area contributed by atoms with Crippen molar-refractivity contribution in [1.29, 1.82) is 0 Å². The first-order valence-corrected chi connectivity index (χ1v) is 3.44. The molecule has 0 rings (SSSR count). The van der Waals surface area contributed by atoms with Crippen molar-refractivity contribution >= 4 is 5.78 Å². The molecular weight excluding hydrogens is 138 g/mol. The van der Waals surface area contributed by atoms with Crippen LogP contribution in [0.4, 0.5) is 0 Å². The molecular formula is C9H13NO. The predicted molar refractivity (Wildman–Crippen MR) is 46.9 cm³/mol. The first kappa shape index (κ1) is 9.69. The third kappa shape index (κ3) is 2.85. The van der Waals surface area contributed by atoms with E-state index in [2.05, 4.69) is 13.2 Å². The molecule has 2 heteroatoms. The van der Waals surface area contributed by atoms with Gasteiger partial charge in [0.05, 0.1) is 0 Å². The summed E-state index contributed by atoms with van der Waals surface area (Å²) in [7, 11) is 0. The maximum absolute atomic E-state index is 11.1. The van der Waals surface area contributed by atoms with Crippen molar-refractivity contribution < 1.29 is 4.79 Å². The second-order valence-corrected chi connectivity index (χ2v) is 2.12. The molecule has 2 nitrogen and oxygen atoms in total. The van der Waals surface area contributed by atoms with Crippen molar-refractivity contribution in [2.24, 2.45) is 5.73 Å². The number of hydrogen-bond donors (Lipinski definition) is 1. The first-order valence-electron chi connectivity index (χ1n) is 3.44. The molecule has 0 atom stereocenters. The van der Waals surface area contributed by atoms with E-state index in [9.17, 15) is 4.79 Å². The number of carbonyl (C=O) groups excluding carboxylic acids is 1. The van der Waals surface area contributed by atoms with E-state index in [1.807, 2.05) is 0 Å². The highest BCUT2D eigenvalue weighted by atomic mass is 16.1. The minimum atomic E-state index is -0.00241. The zero-order valence-electron chi connectivity index (χ0n) is 6.76. The number of allylic oxidation sites excluding steroid dienone is 3. The fraction of sp³-hybridized carbons (Fsp3) is 0.222. The van der Waals surface area contributed by atoms with Crippen molar-refractivity contribution in [1.82, 2.24) is 0 Å². The molecule has 0 aromatic rings. The summed E-state index contributed by atoms with van der Waals surface area (Å²) >= 11 is 0. The average Bonchev–Trinajstić information content (AvgIpc) is 1.98. The number of hydrogen-bond acceptors (Lipinski definition) is 2. The molecule has 60 valence electrons. The van der Waals surface area contributed by atoms with Gasteiger partial charge in [-0.15, -0.1) is 0 Å². The molecule has 0 spiro atoms. The highest BCUT2D eigenvalue weighted by Gasteiger charge is 2.06. The lowest BCUT2D eigenvalue weighted by Gasteiger charge is -2.01. The van der Waals surface area contributed by atoms with Gasteiger partial charge in [0.15, 0.2) is 5.78 Å². The normalized spacial score (nSPS) is 10.8. The second kappa shape index (κ2) is 4.50. The molecule has 0 radical (unpaired) electrons. The SMILES string of the molecule is C=C/C=C(\C(=C)N)C(=O)CC. The average molecular weight is 151 g/mol. The lowest BCUT2D eigenvalue weighted by molar-refractivity contribution is -0.115. The summed E-state index contributed by atoms with van der Waals surface area (Å²) in [6.45, 7) is 8.74. The molecule has 0 amide bonds. The smallest absolute Gasteiger partial charge is 0.164 e. The van der Waals surface area contributed by atoms with Gasteiger partial charge in [0.25, 0.3) is 0 Å². The van der Waals surface area contributed by atoms with E-state index < -0.39 is 0 Å². The third-order valence-electron chi connectivity index (χ3n) is 1.25. The molecule has 0 saturated heterocycles. The van der Waals surface area contributed by atoms with Crippen LogP contribution in [0.2, 0.25) is 0 Å². The number of rotatable bonds is 4. The van der Waals surface area contributed by atoms with Gasteiger partial charge < -0.3 is 5.73 Å². The van der Waals surface area contributed by atoms with Crippen LogP contribution < -0.4 is 5.73 Å². The van der Waals surface area contributed by atoms with Crippen molar-refractivity contribution in [3.05, 3.63) is 36.6 Å². The molecule has 0 fully saturated rings. The molecule has 0 saturated carbocycles. The van der Waals surface area contributed by atoms with Crippen LogP contribution in [0.3, 0.4) is 0 Å². The zero-order valence-corrected chi connectivity index (χ0v) is 6.76. The molecule has 0 unspecified atom stereocenters. The van der Waals surface area contributed by atoms with E-state index in [1.54, 1.807) is 13.0 Å². The van der Waals surface area contributed by atoms with E-state index >= 15 is 0 Å². The van der Waals surface area contributed by atoms with Crippen LogP contribution in [0.5, 0.6) is 0 Å². The fourth-order valence-electron chi connectivity index (χ4n) is 0.687. The van der Waals surface area contributed by atoms with Gasteiger partial charge in [-0.2, -0.15) is 0 Å². The maximum Gasteiger partial charge on any atom is 0.164 e. The standard InChI is InChI=1S/C9H13NO/c1-4-6-8(7(3)10)9(11)5-2/h4,6H,1,3,5,10H2,2H3/b8-6+. The zero-order chi connectivity index (χ0) is 8.85. The van der Waals surface area contributed by atoms with Crippen LogP contribution in [0.1, 0.15) is 13.3 Å². The van der Waals surface area contributed by atoms with Gasteiger partial charge in [-0.3, -0.25) is 4.79 Å². The Morgan fingerprint density at radius 2 is 2.18 bits per heavy atom. The summed E-state index contributed by atoms with van der Waals surface area (Å²) in [5.74, 6) is -0.00241. The third-order valence-corrected chi connectivity index (χ3v) is 1.25. The minimum absolute atomic E-state index is 0.00241. The second-order valence-electron chi connectivity index (χ2n) is 2.12. The van der Waals surface area contributed by atoms with Crippen LogP contribution in [-0.2, 0) is 4.79 Å². The summed E-state index contributed by atoms with van der Waals surface area (Å²) in [6, 6.07) is 0. The molecule has 0 aliphatic carbocycles. The molecule has 0 bridgehead atoms. The summed E-state index contributed by atoms with van der Waals surface area (Å²) in [5.41, 5.74) is 6.13. The fourth-order valence-corrected chi connectivity index (χ4v) is 0.687. The van der Waals surface area contributed by atoms with E-state index in [0.717, 1.165) is 0 Å². The van der Waals surface area contributed by atoms with Crippen LogP contribution >= 0.6 is 0 Å². The molecule has 11 heavy (non-hydrogen) atoms. The number of carbonyl (C=O) groups is 1. The number of nitrogens with two attached hydrogens (primary N) is 1. The summed E-state index contributed by atoms with van der Waals surface area (Å²) in [6.07, 6.45) is 3.55. The summed E-state index contributed by atoms with van der Waals surface area (Å²) in [5, 5.41) is 0. The predicted octanol–water partition coefficient (Wildman–Crippen LogP) is 1.55. The Hall–Kier alpha value is -1.31. The Kier molecular flexibility index (Phi) is 3.96. The van der Waals surface area contributed by atoms with Crippen LogP contribution in [-0.4, -0.2) is 5.78 Å². The van der Waals surface area contributed by atoms with Gasteiger partial charge in [0.1, 0.15) is 0 Å². The monoisotopic (exact) mass is 151 g/mol. The van der Waals surface area contributed by atoms with Crippen LogP contribution in [0, 0.1) is 0 Å². The lowest BCUT2D eigenvalue weighted by Crippen LogP contribution is -2.08. The quantitative estimate of drug-likeness (QED) is 0.489. The van der Waals surface area contributed by atoms with E-state index in [4.69, 9.17) is 5.73 Å². The largest absolute Gasteiger partial charge is 0.399 e. The Morgan fingerprint density at radius 3 is 2.45 bits per heavy atom. The van der Waals surface area contributed by atoms with Crippen molar-refractivity contribution in [2.45, 2.75) is 13.3 Å². The van der Waals surface area contributed by atoms with Crippen molar-refractivity contribution in [3.63, 3.8) is 0 Å². The first-order chi connectivity index (χ1) is 5.13. The molecule has 2 N–H and O–H groups in total. The van der Waals surface area contributed by atoms with Crippen LogP contribution in [0.15, 0.2) is 36.6 Å². The van der Waals surface area contributed by atoms with Crippen molar-refractivity contribution in [2.75, 3.05) is 0 Å². The summed E-state index contributed by atoms with van der Waals surface area (Å²) < 4.78 is 0. The Morgan fingerprint density at radius 1 is 1.64 bits per heavy atom. The van der Waals surface area contributed by atoms with E-state index in [-0.39, 0.29) is 5.78 Å². The molecule has 0 aromatic carbocycles. The number of Topliss-reactive ketones (excluding diaryl/α,β-unsaturated/α-hetero) is 1. The molecule has 0 aromatic heterocycles. The highest BCUT2D eigenvalue weighted by molar-refractivity contribution is 5.99. The summed E-state index contributed by atoms with van der Waals surface area (Å²) in [4.78, 5) is 11.1. The highest BCUT2D eigenvalue weighted by Crippen LogP contribution is 2.05. The minimum Gasteiger partial charge on any atom is -0.399 e. The van der Waals surface area contributed by atoms with Gasteiger partial charge in [0, 0.05) is 17.7 Å². The Bertz CT molecular complexity index is 214. The van der Waals surface area contributed by atoms with E-state index in [0.29, 0.717) is 17.7 Å². The Labute approximate surface area is 67.1 Å². The van der Waals surface area contributed by atoms with Gasteiger partial charge in [-0.05, 0) is 6.08 Å².